The molecule has 7 N–H and O–H groups in total. The number of amides is 1. The molecule has 24 heavy (non-hydrogen) atoms. The lowest BCUT2D eigenvalue weighted by Gasteiger charge is -2.19. The number of aromatic nitrogens is 2. The molecule has 0 bridgehead atoms. The number of aliphatic hydroxyl groups excluding tert-OH is 1. The van der Waals surface area contributed by atoms with Crippen LogP contribution in [0.25, 0.3) is 21.9 Å². The molecule has 3 aromatic rings. The summed E-state index contributed by atoms with van der Waals surface area (Å²) in [4.78, 5) is 16.0. The first-order valence-corrected chi connectivity index (χ1v) is 7.90. The van der Waals surface area contributed by atoms with Gasteiger partial charge in [-0.3, -0.25) is 4.79 Å². The largest absolute Gasteiger partial charge is 0.391 e. The van der Waals surface area contributed by atoms with Crippen molar-refractivity contribution in [3.05, 3.63) is 35.9 Å². The number of aliphatic hydroxyl groups is 1. The molecule has 1 fully saturated rings. The van der Waals surface area contributed by atoms with Crippen molar-refractivity contribution in [3.8, 4) is 0 Å². The first-order valence-electron chi connectivity index (χ1n) is 7.90. The highest BCUT2D eigenvalue weighted by Gasteiger charge is 2.34. The Morgan fingerprint density at radius 1 is 1.25 bits per heavy atom. The summed E-state index contributed by atoms with van der Waals surface area (Å²) in [5.41, 5.74) is 19.1. The van der Waals surface area contributed by atoms with E-state index in [1.165, 1.54) is 0 Å². The lowest BCUT2D eigenvalue weighted by molar-refractivity contribution is 0.100. The van der Waals surface area contributed by atoms with Gasteiger partial charge >= 0.3 is 0 Å². The van der Waals surface area contributed by atoms with Crippen molar-refractivity contribution >= 4 is 33.7 Å². The van der Waals surface area contributed by atoms with E-state index in [1.54, 1.807) is 6.07 Å². The fourth-order valence-corrected chi connectivity index (χ4v) is 3.77. The van der Waals surface area contributed by atoms with Crippen LogP contribution < -0.4 is 17.2 Å². The Morgan fingerprint density at radius 3 is 2.67 bits per heavy atom. The third kappa shape index (κ3) is 2.05. The number of pyridine rings is 1. The topological polar surface area (TPSA) is 133 Å². The maximum absolute atomic E-state index is 11.6. The number of fused-ring (bicyclic) bond motifs is 3. The number of hydrogen-bond donors (Lipinski definition) is 4. The van der Waals surface area contributed by atoms with Crippen LogP contribution in [0.15, 0.2) is 30.3 Å². The molecule has 1 saturated carbocycles. The summed E-state index contributed by atoms with van der Waals surface area (Å²) in [7, 11) is 0. The Balaban J connectivity index is 2.07. The maximum Gasteiger partial charge on any atom is 0.252 e. The number of rotatable bonds is 2. The first-order chi connectivity index (χ1) is 11.5. The number of benzene rings is 1. The normalized spacial score (nSPS) is 24.0. The molecule has 1 amide bonds. The molecule has 1 aromatic carbocycles. The third-order valence-electron chi connectivity index (χ3n) is 4.84. The van der Waals surface area contributed by atoms with E-state index in [4.69, 9.17) is 17.2 Å². The summed E-state index contributed by atoms with van der Waals surface area (Å²) in [5.74, 6) is -0.516. The molecule has 3 unspecified atom stereocenters. The second-order valence-corrected chi connectivity index (χ2v) is 6.41. The van der Waals surface area contributed by atoms with Crippen molar-refractivity contribution in [1.82, 2.24) is 9.55 Å². The predicted octanol–water partition coefficient (Wildman–Crippen LogP) is 0.894. The van der Waals surface area contributed by atoms with Gasteiger partial charge in [0.2, 0.25) is 0 Å². The number of anilines is 1. The molecule has 124 valence electrons. The molecule has 0 spiro atoms. The van der Waals surface area contributed by atoms with Gasteiger partial charge < -0.3 is 26.9 Å². The Morgan fingerprint density at radius 2 is 2.00 bits per heavy atom. The number of para-hydroxylation sites is 1. The zero-order chi connectivity index (χ0) is 17.0. The number of carbonyl (C=O) groups is 1. The lowest BCUT2D eigenvalue weighted by atomic mass is 10.1. The summed E-state index contributed by atoms with van der Waals surface area (Å²) in [5, 5.41) is 12.2. The SMILES string of the molecule is NC(=O)c1cc2c3ccccc3n(C3CC(N)CC3O)c2nc1N. The van der Waals surface area contributed by atoms with Gasteiger partial charge in [-0.1, -0.05) is 18.2 Å². The van der Waals surface area contributed by atoms with Crippen LogP contribution in [0, 0.1) is 0 Å². The van der Waals surface area contributed by atoms with Gasteiger partial charge in [0, 0.05) is 16.8 Å². The molecule has 7 nitrogen and oxygen atoms in total. The molecule has 0 aliphatic heterocycles. The van der Waals surface area contributed by atoms with E-state index in [0.29, 0.717) is 18.5 Å². The maximum atomic E-state index is 11.6. The fraction of sp³-hybridized carbons (Fsp3) is 0.294. The van der Waals surface area contributed by atoms with Gasteiger partial charge in [0.05, 0.1) is 23.2 Å². The second kappa shape index (κ2) is 5.19. The lowest BCUT2D eigenvalue weighted by Crippen LogP contribution is -2.19. The zero-order valence-corrected chi connectivity index (χ0v) is 13.0. The van der Waals surface area contributed by atoms with Crippen molar-refractivity contribution in [2.45, 2.75) is 31.0 Å². The summed E-state index contributed by atoms with van der Waals surface area (Å²) >= 11 is 0. The number of nitrogens with zero attached hydrogens (tertiary/aromatic N) is 2. The number of nitrogens with two attached hydrogens (primary N) is 3. The average molecular weight is 325 g/mol. The highest BCUT2D eigenvalue weighted by Crippen LogP contribution is 2.38. The monoisotopic (exact) mass is 325 g/mol. The minimum absolute atomic E-state index is 0.0524. The van der Waals surface area contributed by atoms with E-state index >= 15 is 0 Å². The minimum Gasteiger partial charge on any atom is -0.391 e. The molecule has 4 rings (SSSR count). The van der Waals surface area contributed by atoms with Crippen LogP contribution in [-0.2, 0) is 0 Å². The molecular formula is C17H19N5O2. The van der Waals surface area contributed by atoms with Crippen molar-refractivity contribution in [3.63, 3.8) is 0 Å². The van der Waals surface area contributed by atoms with E-state index < -0.39 is 12.0 Å². The summed E-state index contributed by atoms with van der Waals surface area (Å²) in [6, 6.07) is 9.23. The molecule has 2 aromatic heterocycles. The van der Waals surface area contributed by atoms with Gasteiger partial charge in [-0.25, -0.2) is 4.98 Å². The Hall–Kier alpha value is -2.64. The van der Waals surface area contributed by atoms with E-state index in [1.807, 2.05) is 28.8 Å². The Bertz CT molecular complexity index is 964. The zero-order valence-electron chi connectivity index (χ0n) is 13.0. The van der Waals surface area contributed by atoms with Gasteiger partial charge in [-0.2, -0.15) is 0 Å². The van der Waals surface area contributed by atoms with E-state index in [-0.39, 0.29) is 23.5 Å². The number of primary amides is 1. The summed E-state index contributed by atoms with van der Waals surface area (Å²) in [6.45, 7) is 0. The van der Waals surface area contributed by atoms with E-state index in [9.17, 15) is 9.90 Å². The van der Waals surface area contributed by atoms with Gasteiger partial charge in [0.25, 0.3) is 5.91 Å². The van der Waals surface area contributed by atoms with Crippen LogP contribution in [0.1, 0.15) is 29.2 Å². The predicted molar refractivity (Wildman–Crippen MR) is 92.4 cm³/mol. The molecule has 1 aliphatic rings. The Labute approximate surface area is 138 Å². The quantitative estimate of drug-likeness (QED) is 0.555. The molecule has 1 aliphatic carbocycles. The molecular weight excluding hydrogens is 306 g/mol. The van der Waals surface area contributed by atoms with Crippen molar-refractivity contribution < 1.29 is 9.90 Å². The first kappa shape index (κ1) is 14.9. The molecule has 0 saturated heterocycles. The summed E-state index contributed by atoms with van der Waals surface area (Å²) < 4.78 is 1.99. The summed E-state index contributed by atoms with van der Waals surface area (Å²) in [6.07, 6.45) is 0.666. The number of hydrogen-bond acceptors (Lipinski definition) is 5. The van der Waals surface area contributed by atoms with Gasteiger partial charge in [0.15, 0.2) is 0 Å². The Kier molecular flexibility index (Phi) is 3.22. The highest BCUT2D eigenvalue weighted by atomic mass is 16.3. The van der Waals surface area contributed by atoms with E-state index in [0.717, 1.165) is 16.3 Å². The average Bonchev–Trinajstić information content (AvgIpc) is 3.02. The van der Waals surface area contributed by atoms with Crippen LogP contribution in [0.4, 0.5) is 5.82 Å². The van der Waals surface area contributed by atoms with Crippen LogP contribution in [-0.4, -0.2) is 32.7 Å². The van der Waals surface area contributed by atoms with Crippen molar-refractivity contribution in [1.29, 1.82) is 0 Å². The smallest absolute Gasteiger partial charge is 0.252 e. The fourth-order valence-electron chi connectivity index (χ4n) is 3.77. The highest BCUT2D eigenvalue weighted by molar-refractivity contribution is 6.10. The van der Waals surface area contributed by atoms with Gasteiger partial charge in [-0.15, -0.1) is 0 Å². The van der Waals surface area contributed by atoms with Crippen LogP contribution in [0.2, 0.25) is 0 Å². The van der Waals surface area contributed by atoms with Crippen LogP contribution >= 0.6 is 0 Å². The minimum atomic E-state index is -0.610. The standard InChI is InChI=1S/C17H19N5O2/c18-8-5-13(14(23)6-8)22-12-4-2-1-3-9(12)10-7-11(16(20)24)15(19)21-17(10)22/h1-4,7-8,13-14,23H,5-6,18H2,(H2,19,21)(H2,20,24). The van der Waals surface area contributed by atoms with Crippen molar-refractivity contribution in [2.75, 3.05) is 5.73 Å². The van der Waals surface area contributed by atoms with Crippen LogP contribution in [0.5, 0.6) is 0 Å². The van der Waals surface area contributed by atoms with Crippen molar-refractivity contribution in [2.24, 2.45) is 11.5 Å². The third-order valence-corrected chi connectivity index (χ3v) is 4.84. The van der Waals surface area contributed by atoms with Crippen LogP contribution in [0.3, 0.4) is 0 Å². The van der Waals surface area contributed by atoms with E-state index in [2.05, 4.69) is 4.98 Å². The molecule has 2 heterocycles. The van der Waals surface area contributed by atoms with Gasteiger partial charge in [0.1, 0.15) is 11.5 Å². The number of nitrogen functional groups attached to an aromatic ring is 1. The van der Waals surface area contributed by atoms with Gasteiger partial charge in [-0.05, 0) is 25.0 Å². The number of carbonyl (C=O) groups excluding carboxylic acids is 1. The molecule has 3 atom stereocenters. The molecule has 7 heteroatoms. The second-order valence-electron chi connectivity index (χ2n) is 6.41. The molecule has 0 radical (unpaired) electrons.